The number of hydrogen-bond acceptors (Lipinski definition) is 3. The fourth-order valence-electron chi connectivity index (χ4n) is 1.32. The Labute approximate surface area is 103 Å². The summed E-state index contributed by atoms with van der Waals surface area (Å²) in [5.74, 6) is -2.61. The molecule has 7 heteroatoms. The van der Waals surface area contributed by atoms with E-state index in [1.54, 1.807) is 6.92 Å². The van der Waals surface area contributed by atoms with E-state index in [2.05, 4.69) is 0 Å². The van der Waals surface area contributed by atoms with Gasteiger partial charge in [-0.1, -0.05) is 6.07 Å². The maximum atomic E-state index is 12.6. The third kappa shape index (κ3) is 3.49. The van der Waals surface area contributed by atoms with Crippen LogP contribution in [0.2, 0.25) is 0 Å². The highest BCUT2D eigenvalue weighted by Crippen LogP contribution is 2.21. The lowest BCUT2D eigenvalue weighted by Gasteiger charge is -2.06. The van der Waals surface area contributed by atoms with Crippen molar-refractivity contribution >= 4 is 15.5 Å². The average molecular weight is 279 g/mol. The molecule has 18 heavy (non-hydrogen) atoms. The smallest absolute Gasteiger partial charge is 0.289 e. The van der Waals surface area contributed by atoms with Gasteiger partial charge in [0.1, 0.15) is 0 Å². The van der Waals surface area contributed by atoms with Gasteiger partial charge in [0.05, 0.1) is 16.3 Å². The highest BCUT2D eigenvalue weighted by atomic mass is 32.2. The van der Waals surface area contributed by atoms with Crippen LogP contribution in [0.15, 0.2) is 35.0 Å². The van der Waals surface area contributed by atoms with E-state index in [0.29, 0.717) is 6.08 Å². The molecule has 0 bridgehead atoms. The van der Waals surface area contributed by atoms with Gasteiger partial charge in [-0.2, -0.15) is 0 Å². The van der Waals surface area contributed by atoms with E-state index in [0.717, 1.165) is 5.56 Å². The van der Waals surface area contributed by atoms with Crippen molar-refractivity contribution in [3.63, 3.8) is 0 Å². The molecule has 1 aromatic rings. The molecule has 0 amide bonds. The summed E-state index contributed by atoms with van der Waals surface area (Å²) in [4.78, 5) is -0.189. The molecule has 0 aliphatic carbocycles. The normalized spacial score (nSPS) is 13.1. The van der Waals surface area contributed by atoms with Gasteiger partial charge in [-0.05, 0) is 30.7 Å². The van der Waals surface area contributed by atoms with E-state index in [4.69, 9.17) is 5.73 Å². The van der Waals surface area contributed by atoms with Crippen LogP contribution >= 0.6 is 0 Å². The number of sulfone groups is 1. The van der Waals surface area contributed by atoms with Crippen LogP contribution in [0.1, 0.15) is 5.56 Å². The molecular weight excluding hydrogens is 267 g/mol. The van der Waals surface area contributed by atoms with Crippen molar-refractivity contribution in [3.05, 3.63) is 35.7 Å². The highest BCUT2D eigenvalue weighted by Gasteiger charge is 2.18. The van der Waals surface area contributed by atoms with Crippen LogP contribution in [-0.4, -0.2) is 20.6 Å². The minimum atomic E-state index is -3.91. The highest BCUT2D eigenvalue weighted by molar-refractivity contribution is 7.91. The number of benzene rings is 1. The Balaban J connectivity index is 3.04. The van der Waals surface area contributed by atoms with Crippen LogP contribution in [0, 0.1) is 6.92 Å². The fraction of sp³-hybridized carbons (Fsp3) is 0.273. The number of anilines is 1. The number of hydrogen-bond donors (Lipinski definition) is 1. The van der Waals surface area contributed by atoms with Crippen molar-refractivity contribution in [3.8, 4) is 0 Å². The minimum absolute atomic E-state index is 0.0147. The molecule has 0 atom stereocenters. The third-order valence-electron chi connectivity index (χ3n) is 2.21. The lowest BCUT2D eigenvalue weighted by molar-refractivity contribution is 0.158. The maximum absolute atomic E-state index is 12.6. The van der Waals surface area contributed by atoms with Gasteiger partial charge in [0.25, 0.3) is 6.43 Å². The number of rotatable bonds is 4. The first-order valence-electron chi connectivity index (χ1n) is 4.96. The summed E-state index contributed by atoms with van der Waals surface area (Å²) >= 11 is 0. The molecule has 0 radical (unpaired) electrons. The summed E-state index contributed by atoms with van der Waals surface area (Å²) in [5.41, 5.74) is 6.31. The molecule has 0 saturated carbocycles. The Morgan fingerprint density at radius 1 is 1.44 bits per heavy atom. The number of nitrogen functional groups attached to an aromatic ring is 1. The van der Waals surface area contributed by atoms with Crippen molar-refractivity contribution in [2.75, 3.05) is 11.5 Å². The third-order valence-corrected chi connectivity index (χ3v) is 3.85. The molecule has 2 N–H and O–H groups in total. The van der Waals surface area contributed by atoms with Crippen molar-refractivity contribution in [2.45, 2.75) is 18.2 Å². The van der Waals surface area contributed by atoms with Gasteiger partial charge < -0.3 is 5.73 Å². The summed E-state index contributed by atoms with van der Waals surface area (Å²) in [6.45, 7) is 1.73. The van der Waals surface area contributed by atoms with Gasteiger partial charge in [0, 0.05) is 0 Å². The molecule has 1 rings (SSSR count). The predicted octanol–water partition coefficient (Wildman–Crippen LogP) is 2.47. The molecule has 1 aromatic carbocycles. The molecule has 0 spiro atoms. The molecule has 0 aliphatic heterocycles. The second kappa shape index (κ2) is 5.43. The Bertz CT molecular complexity index is 568. The summed E-state index contributed by atoms with van der Waals surface area (Å²) in [5, 5.41) is 0. The van der Waals surface area contributed by atoms with E-state index in [-0.39, 0.29) is 10.6 Å². The lowest BCUT2D eigenvalue weighted by Crippen LogP contribution is -2.09. The zero-order valence-corrected chi connectivity index (χ0v) is 10.3. The molecule has 0 saturated heterocycles. The van der Waals surface area contributed by atoms with Gasteiger partial charge in [-0.15, -0.1) is 0 Å². The quantitative estimate of drug-likeness (QED) is 0.861. The van der Waals surface area contributed by atoms with Crippen molar-refractivity contribution < 1.29 is 21.6 Å². The lowest BCUT2D eigenvalue weighted by atomic mass is 10.2. The van der Waals surface area contributed by atoms with Crippen molar-refractivity contribution in [1.82, 2.24) is 0 Å². The van der Waals surface area contributed by atoms with E-state index >= 15 is 0 Å². The second-order valence-corrected chi connectivity index (χ2v) is 5.72. The zero-order valence-electron chi connectivity index (χ0n) is 9.53. The van der Waals surface area contributed by atoms with Gasteiger partial charge in [-0.3, -0.25) is 0 Å². The number of nitrogens with two attached hydrogens (primary N) is 1. The van der Waals surface area contributed by atoms with E-state index in [1.165, 1.54) is 18.2 Å². The SMILES string of the molecule is Cc1ccc(S(=O)(=O)C/C=C(\F)C(F)F)c(N)c1. The van der Waals surface area contributed by atoms with Crippen LogP contribution in [-0.2, 0) is 9.84 Å². The molecule has 0 aromatic heterocycles. The average Bonchev–Trinajstić information content (AvgIpc) is 2.25. The molecule has 0 heterocycles. The molecule has 3 nitrogen and oxygen atoms in total. The second-order valence-electron chi connectivity index (χ2n) is 3.71. The first kappa shape index (κ1) is 14.6. The maximum Gasteiger partial charge on any atom is 0.289 e. The Hall–Kier alpha value is -1.50. The number of aryl methyl sites for hydroxylation is 1. The Kier molecular flexibility index (Phi) is 4.39. The topological polar surface area (TPSA) is 60.2 Å². The molecule has 100 valence electrons. The fourth-order valence-corrected chi connectivity index (χ4v) is 2.57. The molecule has 0 fully saturated rings. The molecule has 0 unspecified atom stereocenters. The van der Waals surface area contributed by atoms with Gasteiger partial charge >= 0.3 is 0 Å². The molecule has 0 aliphatic rings. The number of allylic oxidation sites excluding steroid dienone is 1. The summed E-state index contributed by atoms with van der Waals surface area (Å²) in [6, 6.07) is 4.24. The van der Waals surface area contributed by atoms with Crippen LogP contribution < -0.4 is 5.73 Å². The van der Waals surface area contributed by atoms with E-state index in [9.17, 15) is 21.6 Å². The van der Waals surface area contributed by atoms with Crippen LogP contribution in [0.25, 0.3) is 0 Å². The Morgan fingerprint density at radius 3 is 2.56 bits per heavy atom. The summed E-state index contributed by atoms with van der Waals surface area (Å²) in [7, 11) is -3.91. The van der Waals surface area contributed by atoms with Crippen LogP contribution in [0.4, 0.5) is 18.9 Å². The van der Waals surface area contributed by atoms with Crippen LogP contribution in [0.3, 0.4) is 0 Å². The first-order chi connectivity index (χ1) is 8.24. The molecular formula is C11H12F3NO2S. The van der Waals surface area contributed by atoms with Gasteiger partial charge in [0.2, 0.25) is 0 Å². The van der Waals surface area contributed by atoms with E-state index in [1.807, 2.05) is 0 Å². The minimum Gasteiger partial charge on any atom is -0.398 e. The zero-order chi connectivity index (χ0) is 13.9. The standard InChI is InChI=1S/C11H12F3NO2S/c1-7-2-3-10(9(15)6-7)18(16,17)5-4-8(12)11(13)14/h2-4,6,11H,5,15H2,1H3/b8-4-. The largest absolute Gasteiger partial charge is 0.398 e. The summed E-state index contributed by atoms with van der Waals surface area (Å²) < 4.78 is 59.8. The number of halogens is 3. The van der Waals surface area contributed by atoms with Crippen molar-refractivity contribution in [1.29, 1.82) is 0 Å². The van der Waals surface area contributed by atoms with E-state index < -0.39 is 27.8 Å². The van der Waals surface area contributed by atoms with Crippen LogP contribution in [0.5, 0.6) is 0 Å². The first-order valence-corrected chi connectivity index (χ1v) is 6.62. The predicted molar refractivity (Wildman–Crippen MR) is 62.8 cm³/mol. The van der Waals surface area contributed by atoms with Gasteiger partial charge in [0.15, 0.2) is 15.7 Å². The summed E-state index contributed by atoms with van der Waals surface area (Å²) in [6.07, 6.45) is -2.96. The Morgan fingerprint density at radius 2 is 2.06 bits per heavy atom. The van der Waals surface area contributed by atoms with Gasteiger partial charge in [-0.25, -0.2) is 21.6 Å². The monoisotopic (exact) mass is 279 g/mol. The van der Waals surface area contributed by atoms with Crippen molar-refractivity contribution in [2.24, 2.45) is 0 Å². The number of alkyl halides is 2.